The Kier molecular flexibility index (Phi) is 2.68. The highest BCUT2D eigenvalue weighted by molar-refractivity contribution is 9.11. The van der Waals surface area contributed by atoms with Crippen LogP contribution in [0.15, 0.2) is 10.1 Å². The summed E-state index contributed by atoms with van der Waals surface area (Å²) in [5, 5.41) is 0.863. The van der Waals surface area contributed by atoms with Gasteiger partial charge >= 0.3 is 0 Å². The summed E-state index contributed by atoms with van der Waals surface area (Å²) < 4.78 is 6.23. The van der Waals surface area contributed by atoms with Gasteiger partial charge in [0.1, 0.15) is 0 Å². The molecule has 2 nitrogen and oxygen atoms in total. The molecule has 0 atom stereocenters. The predicted molar refractivity (Wildman–Crippen MR) is 45.6 cm³/mol. The fourth-order valence-corrected chi connectivity index (χ4v) is 1.72. The Balaban J connectivity index is 2.58. The fourth-order valence-electron chi connectivity index (χ4n) is 0.526. The molecule has 0 saturated heterocycles. The average molecular weight is 222 g/mol. The number of ether oxygens (including phenoxy) is 1. The van der Waals surface area contributed by atoms with E-state index >= 15 is 0 Å². The van der Waals surface area contributed by atoms with Crippen molar-refractivity contribution < 1.29 is 4.74 Å². The molecule has 4 heteroatoms. The van der Waals surface area contributed by atoms with Crippen molar-refractivity contribution in [3.05, 3.63) is 10.1 Å². The lowest BCUT2D eigenvalue weighted by Crippen LogP contribution is -2.03. The van der Waals surface area contributed by atoms with Gasteiger partial charge in [0.05, 0.1) is 12.3 Å². The molecule has 0 saturated carbocycles. The Labute approximate surface area is 72.4 Å². The molecule has 0 aliphatic heterocycles. The van der Waals surface area contributed by atoms with Gasteiger partial charge in [0.25, 0.3) is 0 Å². The van der Waals surface area contributed by atoms with Crippen molar-refractivity contribution in [1.29, 1.82) is 0 Å². The van der Waals surface area contributed by atoms with Crippen molar-refractivity contribution in [1.82, 2.24) is 4.98 Å². The third-order valence-corrected chi connectivity index (χ3v) is 2.18. The molecule has 0 bridgehead atoms. The van der Waals surface area contributed by atoms with Crippen LogP contribution >= 0.6 is 27.3 Å². The van der Waals surface area contributed by atoms with E-state index in [4.69, 9.17) is 4.74 Å². The molecule has 1 rings (SSSR count). The van der Waals surface area contributed by atoms with E-state index in [2.05, 4.69) is 20.9 Å². The van der Waals surface area contributed by atoms with Crippen molar-refractivity contribution in [2.45, 2.75) is 20.0 Å². The molecule has 0 fully saturated rings. The van der Waals surface area contributed by atoms with Crippen LogP contribution in [0.4, 0.5) is 0 Å². The summed E-state index contributed by atoms with van der Waals surface area (Å²) in [5.74, 6) is 0. The monoisotopic (exact) mass is 221 g/mol. The second-order valence-corrected chi connectivity index (χ2v) is 4.37. The maximum Gasteiger partial charge on any atom is 0.195 e. The smallest absolute Gasteiger partial charge is 0.195 e. The van der Waals surface area contributed by atoms with Gasteiger partial charge in [0.2, 0.25) is 0 Å². The molecular formula is C6H8BrNOS. The molecule has 0 radical (unpaired) electrons. The molecule has 10 heavy (non-hydrogen) atoms. The minimum absolute atomic E-state index is 0.229. The normalized spacial score (nSPS) is 10.4. The van der Waals surface area contributed by atoms with Crippen molar-refractivity contribution >= 4 is 27.3 Å². The van der Waals surface area contributed by atoms with E-state index in [0.29, 0.717) is 0 Å². The highest BCUT2D eigenvalue weighted by Crippen LogP contribution is 2.26. The lowest BCUT2D eigenvalue weighted by atomic mass is 10.5. The zero-order valence-electron chi connectivity index (χ0n) is 5.80. The van der Waals surface area contributed by atoms with Gasteiger partial charge in [-0.05, 0) is 29.8 Å². The lowest BCUT2D eigenvalue weighted by Gasteiger charge is -2.04. The number of hydrogen-bond acceptors (Lipinski definition) is 3. The number of halogens is 1. The van der Waals surface area contributed by atoms with Gasteiger partial charge in [0, 0.05) is 0 Å². The summed E-state index contributed by atoms with van der Waals surface area (Å²) in [5.41, 5.74) is 0. The Morgan fingerprint density at radius 1 is 1.70 bits per heavy atom. The molecule has 1 aromatic rings. The average Bonchev–Trinajstić information content (AvgIpc) is 2.13. The van der Waals surface area contributed by atoms with Gasteiger partial charge in [0.15, 0.2) is 8.98 Å². The van der Waals surface area contributed by atoms with Gasteiger partial charge in [-0.2, -0.15) is 0 Å². The third kappa shape index (κ3) is 2.27. The molecule has 56 valence electrons. The van der Waals surface area contributed by atoms with Crippen LogP contribution in [-0.4, -0.2) is 11.1 Å². The van der Waals surface area contributed by atoms with Crippen LogP contribution < -0.4 is 4.74 Å². The summed E-state index contributed by atoms with van der Waals surface area (Å²) in [6.45, 7) is 3.99. The van der Waals surface area contributed by atoms with Crippen LogP contribution in [0.5, 0.6) is 5.06 Å². The van der Waals surface area contributed by atoms with E-state index in [1.807, 2.05) is 13.8 Å². The summed E-state index contributed by atoms with van der Waals surface area (Å²) in [4.78, 5) is 3.98. The standard InChI is InChI=1S/C6H8BrNOS/c1-4(2)9-5-3-8-6(7)10-5/h3-4H,1-2H3. The molecule has 0 unspecified atom stereocenters. The highest BCUT2D eigenvalue weighted by atomic mass is 79.9. The van der Waals surface area contributed by atoms with E-state index in [1.165, 1.54) is 11.3 Å². The first-order chi connectivity index (χ1) is 4.68. The summed E-state index contributed by atoms with van der Waals surface area (Å²) in [6, 6.07) is 0. The number of rotatable bonds is 2. The second-order valence-electron chi connectivity index (χ2n) is 2.10. The van der Waals surface area contributed by atoms with Crippen LogP contribution in [0.1, 0.15) is 13.8 Å². The van der Waals surface area contributed by atoms with Gasteiger partial charge < -0.3 is 4.74 Å². The van der Waals surface area contributed by atoms with Crippen LogP contribution in [0.2, 0.25) is 0 Å². The zero-order chi connectivity index (χ0) is 7.56. The Bertz CT molecular complexity index is 211. The summed E-state index contributed by atoms with van der Waals surface area (Å²) in [6.07, 6.45) is 1.95. The quantitative estimate of drug-likeness (QED) is 0.767. The first-order valence-corrected chi connectivity index (χ1v) is 4.57. The number of thiazole rings is 1. The molecule has 0 aromatic carbocycles. The molecule has 1 aromatic heterocycles. The van der Waals surface area contributed by atoms with Crippen molar-refractivity contribution in [3.63, 3.8) is 0 Å². The molecule has 0 N–H and O–H groups in total. The van der Waals surface area contributed by atoms with Crippen LogP contribution in [0, 0.1) is 0 Å². The van der Waals surface area contributed by atoms with Crippen molar-refractivity contribution in [2.24, 2.45) is 0 Å². The van der Waals surface area contributed by atoms with Crippen molar-refractivity contribution in [3.8, 4) is 5.06 Å². The molecule has 0 aliphatic rings. The number of nitrogens with zero attached hydrogens (tertiary/aromatic N) is 1. The second kappa shape index (κ2) is 3.34. The van der Waals surface area contributed by atoms with E-state index in [1.54, 1.807) is 6.20 Å². The first-order valence-electron chi connectivity index (χ1n) is 2.96. The minimum Gasteiger partial charge on any atom is -0.480 e. The first kappa shape index (κ1) is 8.01. The van der Waals surface area contributed by atoms with E-state index in [-0.39, 0.29) is 6.10 Å². The van der Waals surface area contributed by atoms with E-state index < -0.39 is 0 Å². The Hall–Kier alpha value is -0.0900. The fraction of sp³-hybridized carbons (Fsp3) is 0.500. The zero-order valence-corrected chi connectivity index (χ0v) is 8.20. The summed E-state index contributed by atoms with van der Waals surface area (Å²) >= 11 is 4.75. The lowest BCUT2D eigenvalue weighted by molar-refractivity contribution is 0.249. The van der Waals surface area contributed by atoms with E-state index in [9.17, 15) is 0 Å². The van der Waals surface area contributed by atoms with Crippen LogP contribution in [0.3, 0.4) is 0 Å². The number of aromatic nitrogens is 1. The maximum atomic E-state index is 5.36. The number of hydrogen-bond donors (Lipinski definition) is 0. The maximum absolute atomic E-state index is 5.36. The Morgan fingerprint density at radius 2 is 2.40 bits per heavy atom. The summed E-state index contributed by atoms with van der Waals surface area (Å²) in [7, 11) is 0. The molecule has 1 heterocycles. The van der Waals surface area contributed by atoms with Crippen LogP contribution in [0.25, 0.3) is 0 Å². The molecular weight excluding hydrogens is 214 g/mol. The largest absolute Gasteiger partial charge is 0.480 e. The molecule has 0 spiro atoms. The van der Waals surface area contributed by atoms with Gasteiger partial charge in [-0.25, -0.2) is 4.98 Å². The SMILES string of the molecule is CC(C)Oc1cnc(Br)s1. The van der Waals surface area contributed by atoms with Gasteiger partial charge in [-0.15, -0.1) is 0 Å². The molecule has 0 amide bonds. The topological polar surface area (TPSA) is 22.1 Å². The highest BCUT2D eigenvalue weighted by Gasteiger charge is 2.00. The molecule has 0 aliphatic carbocycles. The Morgan fingerprint density at radius 3 is 2.80 bits per heavy atom. The van der Waals surface area contributed by atoms with Gasteiger partial charge in [-0.3, -0.25) is 0 Å². The van der Waals surface area contributed by atoms with E-state index in [0.717, 1.165) is 8.98 Å². The predicted octanol–water partition coefficient (Wildman–Crippen LogP) is 2.69. The van der Waals surface area contributed by atoms with Crippen LogP contribution in [-0.2, 0) is 0 Å². The minimum atomic E-state index is 0.229. The van der Waals surface area contributed by atoms with Crippen molar-refractivity contribution in [2.75, 3.05) is 0 Å². The van der Waals surface area contributed by atoms with Gasteiger partial charge in [-0.1, -0.05) is 11.3 Å². The third-order valence-electron chi connectivity index (χ3n) is 0.808.